The molecule has 3 N–H and O–H groups in total. The van der Waals surface area contributed by atoms with E-state index in [9.17, 15) is 18.0 Å². The Balaban J connectivity index is 2.01. The summed E-state index contributed by atoms with van der Waals surface area (Å²) >= 11 is 0. The van der Waals surface area contributed by atoms with E-state index in [0.717, 1.165) is 12.1 Å². The number of carbonyl (C=O) groups excluding carboxylic acids is 1. The Morgan fingerprint density at radius 2 is 2.15 bits per heavy atom. The number of alkyl halides is 2. The summed E-state index contributed by atoms with van der Waals surface area (Å²) in [6.45, 7) is -3.10. The number of ether oxygens (including phenoxy) is 1. The van der Waals surface area contributed by atoms with Crippen LogP contribution >= 0.6 is 0 Å². The van der Waals surface area contributed by atoms with E-state index in [1.807, 2.05) is 0 Å². The van der Waals surface area contributed by atoms with Gasteiger partial charge in [-0.15, -0.1) is 0 Å². The highest BCUT2D eigenvalue weighted by Gasteiger charge is 2.23. The van der Waals surface area contributed by atoms with Gasteiger partial charge in [0.05, 0.1) is 5.92 Å². The summed E-state index contributed by atoms with van der Waals surface area (Å²) in [7, 11) is 0. The lowest BCUT2D eigenvalue weighted by atomic mass is 10.1. The molecule has 7 heteroatoms. The van der Waals surface area contributed by atoms with Crippen LogP contribution in [0.2, 0.25) is 0 Å². The van der Waals surface area contributed by atoms with Crippen molar-refractivity contribution in [1.82, 2.24) is 0 Å². The number of hydrogen-bond acceptors (Lipinski definition) is 3. The second-order valence-corrected chi connectivity index (χ2v) is 4.40. The Bertz CT molecular complexity index is 534. The summed E-state index contributed by atoms with van der Waals surface area (Å²) in [5.74, 6) is -2.23. The molecular formula is C13H13F3N2O2. The first-order valence-electron chi connectivity index (χ1n) is 5.95. The summed E-state index contributed by atoms with van der Waals surface area (Å²) in [6.07, 6.45) is 3.90. The zero-order chi connectivity index (χ0) is 14.7. The second kappa shape index (κ2) is 5.96. The highest BCUT2D eigenvalue weighted by Crippen LogP contribution is 2.24. The van der Waals surface area contributed by atoms with Crippen LogP contribution in [-0.2, 0) is 4.79 Å². The average molecular weight is 286 g/mol. The van der Waals surface area contributed by atoms with Gasteiger partial charge in [0.25, 0.3) is 0 Å². The van der Waals surface area contributed by atoms with Gasteiger partial charge in [-0.2, -0.15) is 8.78 Å². The molecule has 4 nitrogen and oxygen atoms in total. The highest BCUT2D eigenvalue weighted by atomic mass is 19.3. The van der Waals surface area contributed by atoms with Crippen molar-refractivity contribution in [1.29, 1.82) is 0 Å². The first-order chi connectivity index (χ1) is 9.45. The van der Waals surface area contributed by atoms with Crippen molar-refractivity contribution in [2.24, 2.45) is 11.7 Å². The van der Waals surface area contributed by atoms with Gasteiger partial charge in [-0.25, -0.2) is 4.39 Å². The predicted molar refractivity (Wildman–Crippen MR) is 66.9 cm³/mol. The molecule has 2 unspecified atom stereocenters. The van der Waals surface area contributed by atoms with Crippen molar-refractivity contribution in [3.8, 4) is 5.75 Å². The summed E-state index contributed by atoms with van der Waals surface area (Å²) in [5, 5.41) is 2.50. The van der Waals surface area contributed by atoms with Gasteiger partial charge < -0.3 is 15.8 Å². The molecule has 1 amide bonds. The fraction of sp³-hybridized carbons (Fsp3) is 0.308. The lowest BCUT2D eigenvalue weighted by Crippen LogP contribution is -2.24. The van der Waals surface area contributed by atoms with Crippen molar-refractivity contribution in [2.75, 3.05) is 5.32 Å². The van der Waals surface area contributed by atoms with Gasteiger partial charge in [0.1, 0.15) is 0 Å². The number of carbonyl (C=O) groups is 1. The smallest absolute Gasteiger partial charge is 0.387 e. The van der Waals surface area contributed by atoms with E-state index in [-0.39, 0.29) is 23.6 Å². The van der Waals surface area contributed by atoms with E-state index in [1.165, 1.54) is 6.07 Å². The molecule has 108 valence electrons. The molecule has 1 aliphatic rings. The summed E-state index contributed by atoms with van der Waals surface area (Å²) in [5.41, 5.74) is 5.80. The van der Waals surface area contributed by atoms with E-state index < -0.39 is 18.2 Å². The third kappa shape index (κ3) is 3.51. The molecule has 20 heavy (non-hydrogen) atoms. The third-order valence-electron chi connectivity index (χ3n) is 2.87. The van der Waals surface area contributed by atoms with Crippen molar-refractivity contribution < 1.29 is 22.7 Å². The molecule has 0 fully saturated rings. The fourth-order valence-corrected chi connectivity index (χ4v) is 1.93. The van der Waals surface area contributed by atoms with Crippen molar-refractivity contribution in [2.45, 2.75) is 19.1 Å². The van der Waals surface area contributed by atoms with E-state index in [0.29, 0.717) is 6.42 Å². The normalized spacial score (nSPS) is 21.2. The number of rotatable bonds is 4. The third-order valence-corrected chi connectivity index (χ3v) is 2.87. The van der Waals surface area contributed by atoms with Crippen molar-refractivity contribution in [3.63, 3.8) is 0 Å². The van der Waals surface area contributed by atoms with E-state index in [1.54, 1.807) is 12.2 Å². The van der Waals surface area contributed by atoms with Gasteiger partial charge in [0.2, 0.25) is 5.91 Å². The maximum atomic E-state index is 13.5. The minimum Gasteiger partial charge on any atom is -0.432 e. The second-order valence-electron chi connectivity index (χ2n) is 4.40. The van der Waals surface area contributed by atoms with Crippen LogP contribution in [0, 0.1) is 11.7 Å². The number of benzene rings is 1. The zero-order valence-electron chi connectivity index (χ0n) is 10.4. The SMILES string of the molecule is NC1C=CC(C(=O)Nc2ccc(OC(F)F)c(F)c2)C1. The standard InChI is InChI=1S/C13H13F3N2O2/c14-10-6-9(3-4-11(10)20-13(15)16)18-12(19)7-1-2-8(17)5-7/h1-4,6-8,13H,5,17H2,(H,18,19). The lowest BCUT2D eigenvalue weighted by Gasteiger charge is -2.12. The molecule has 0 aromatic heterocycles. The van der Waals surface area contributed by atoms with Gasteiger partial charge in [-0.1, -0.05) is 12.2 Å². The number of halogens is 3. The van der Waals surface area contributed by atoms with Crippen LogP contribution in [0.5, 0.6) is 5.75 Å². The molecule has 0 spiro atoms. The fourth-order valence-electron chi connectivity index (χ4n) is 1.93. The Morgan fingerprint density at radius 1 is 1.40 bits per heavy atom. The lowest BCUT2D eigenvalue weighted by molar-refractivity contribution is -0.118. The molecule has 2 atom stereocenters. The molecule has 0 saturated carbocycles. The Labute approximate surface area is 113 Å². The number of nitrogens with one attached hydrogen (secondary N) is 1. The van der Waals surface area contributed by atoms with Crippen LogP contribution in [0.25, 0.3) is 0 Å². The quantitative estimate of drug-likeness (QED) is 0.835. The van der Waals surface area contributed by atoms with E-state index in [4.69, 9.17) is 5.73 Å². The first-order valence-corrected chi connectivity index (χ1v) is 5.95. The van der Waals surface area contributed by atoms with Crippen LogP contribution in [0.4, 0.5) is 18.9 Å². The molecule has 1 aliphatic carbocycles. The van der Waals surface area contributed by atoms with Gasteiger partial charge in [0, 0.05) is 17.8 Å². The Morgan fingerprint density at radius 3 is 2.70 bits per heavy atom. The van der Waals surface area contributed by atoms with Gasteiger partial charge in [-0.3, -0.25) is 4.79 Å². The molecule has 0 saturated heterocycles. The van der Waals surface area contributed by atoms with E-state index >= 15 is 0 Å². The number of anilines is 1. The monoisotopic (exact) mass is 286 g/mol. The minimum atomic E-state index is -3.10. The molecule has 0 heterocycles. The number of hydrogen-bond donors (Lipinski definition) is 2. The molecule has 2 rings (SSSR count). The predicted octanol–water partition coefficient (Wildman–Crippen LogP) is 2.27. The minimum absolute atomic E-state index is 0.163. The van der Waals surface area contributed by atoms with Crippen LogP contribution in [0.1, 0.15) is 6.42 Å². The summed E-state index contributed by atoms with van der Waals surface area (Å²) in [6, 6.07) is 3.09. The highest BCUT2D eigenvalue weighted by molar-refractivity contribution is 5.94. The van der Waals surface area contributed by atoms with Gasteiger partial charge in [-0.05, 0) is 18.6 Å². The van der Waals surface area contributed by atoms with Crippen molar-refractivity contribution >= 4 is 11.6 Å². The number of amides is 1. The Hall–Kier alpha value is -2.02. The van der Waals surface area contributed by atoms with Crippen molar-refractivity contribution in [3.05, 3.63) is 36.2 Å². The average Bonchev–Trinajstić information content (AvgIpc) is 2.79. The molecule has 0 aliphatic heterocycles. The van der Waals surface area contributed by atoms with Crippen LogP contribution < -0.4 is 15.8 Å². The molecule has 0 bridgehead atoms. The number of nitrogens with two attached hydrogens (primary N) is 1. The maximum absolute atomic E-state index is 13.5. The molecule has 1 aromatic carbocycles. The van der Waals surface area contributed by atoms with Gasteiger partial charge >= 0.3 is 6.61 Å². The zero-order valence-corrected chi connectivity index (χ0v) is 10.4. The van der Waals surface area contributed by atoms with Crippen LogP contribution in [0.15, 0.2) is 30.4 Å². The summed E-state index contributed by atoms with van der Waals surface area (Å²) < 4.78 is 41.4. The van der Waals surface area contributed by atoms with Crippen LogP contribution in [0.3, 0.4) is 0 Å². The van der Waals surface area contributed by atoms with E-state index in [2.05, 4.69) is 10.1 Å². The van der Waals surface area contributed by atoms with Gasteiger partial charge in [0.15, 0.2) is 11.6 Å². The summed E-state index contributed by atoms with van der Waals surface area (Å²) in [4.78, 5) is 11.8. The Kier molecular flexibility index (Phi) is 4.29. The largest absolute Gasteiger partial charge is 0.432 e. The molecule has 1 aromatic rings. The maximum Gasteiger partial charge on any atom is 0.387 e. The first kappa shape index (κ1) is 14.4. The molecule has 0 radical (unpaired) electrons. The van der Waals surface area contributed by atoms with Crippen LogP contribution in [-0.4, -0.2) is 18.6 Å². The molecular weight excluding hydrogens is 273 g/mol. The topological polar surface area (TPSA) is 64.4 Å².